The fraction of sp³-hybridized carbons (Fsp3) is 0.429. The second-order valence-electron chi connectivity index (χ2n) is 2.76. The monoisotopic (exact) mass is 265 g/mol. The number of rotatable bonds is 1. The summed E-state index contributed by atoms with van der Waals surface area (Å²) in [5.41, 5.74) is -1.99. The first kappa shape index (κ1) is 13.6. The fourth-order valence-corrected chi connectivity index (χ4v) is 0.745. The zero-order chi connectivity index (χ0) is 13.5. The Morgan fingerprint density at radius 1 is 0.941 bits per heavy atom. The third kappa shape index (κ3) is 2.61. The van der Waals surface area contributed by atoms with E-state index in [2.05, 4.69) is 9.97 Å². The lowest BCUT2D eigenvalue weighted by atomic mass is 10.3. The molecule has 17 heavy (non-hydrogen) atoms. The van der Waals surface area contributed by atoms with Gasteiger partial charge in [-0.25, -0.2) is 9.97 Å². The molecule has 0 bridgehead atoms. The van der Waals surface area contributed by atoms with Crippen LogP contribution in [0.25, 0.3) is 0 Å². The maximum Gasteiger partial charge on any atom is 0.461 e. The van der Waals surface area contributed by atoms with E-state index in [0.29, 0.717) is 0 Å². The van der Waals surface area contributed by atoms with Gasteiger partial charge in [0.15, 0.2) is 5.69 Å². The highest BCUT2D eigenvalue weighted by atomic mass is 19.4. The molecule has 0 unspecified atom stereocenters. The van der Waals surface area contributed by atoms with Gasteiger partial charge in [0.2, 0.25) is 5.82 Å². The zero-order valence-corrected chi connectivity index (χ0v) is 7.50. The van der Waals surface area contributed by atoms with Gasteiger partial charge >= 0.3 is 18.3 Å². The Kier molecular flexibility index (Phi) is 3.02. The molecule has 1 aromatic rings. The lowest BCUT2D eigenvalue weighted by molar-refractivity contribution is -0.292. The van der Waals surface area contributed by atoms with Gasteiger partial charge in [0.1, 0.15) is 0 Å². The van der Waals surface area contributed by atoms with E-state index >= 15 is 0 Å². The minimum atomic E-state index is -6.07. The molecule has 0 spiro atoms. The molecule has 0 aromatic carbocycles. The SMILES string of the molecule is FC(F)(F)c1[c]cnc(C(F)(F)C(F)(F)F)n1. The lowest BCUT2D eigenvalue weighted by Gasteiger charge is -2.18. The first-order valence-corrected chi connectivity index (χ1v) is 3.73. The Bertz CT molecular complexity index is 407. The summed E-state index contributed by atoms with van der Waals surface area (Å²) in [5.74, 6) is -7.82. The highest BCUT2D eigenvalue weighted by Crippen LogP contribution is 2.42. The quantitative estimate of drug-likeness (QED) is 0.729. The van der Waals surface area contributed by atoms with Gasteiger partial charge in [0.05, 0.1) is 0 Å². The molecule has 1 rings (SSSR count). The predicted octanol–water partition coefficient (Wildman–Crippen LogP) is 2.95. The minimum Gasteiger partial charge on any atom is -0.235 e. The van der Waals surface area contributed by atoms with Crippen molar-refractivity contribution in [3.8, 4) is 0 Å². The first-order valence-electron chi connectivity index (χ1n) is 3.73. The van der Waals surface area contributed by atoms with Crippen molar-refractivity contribution in [2.45, 2.75) is 18.3 Å². The second-order valence-corrected chi connectivity index (χ2v) is 2.76. The Hall–Kier alpha value is -1.48. The Balaban J connectivity index is 3.26. The number of nitrogens with zero attached hydrogens (tertiary/aromatic N) is 2. The summed E-state index contributed by atoms with van der Waals surface area (Å²) in [6.45, 7) is 0. The molecule has 0 aliphatic carbocycles. The van der Waals surface area contributed by atoms with Gasteiger partial charge in [0.25, 0.3) is 0 Å². The van der Waals surface area contributed by atoms with Gasteiger partial charge in [-0.2, -0.15) is 35.1 Å². The van der Waals surface area contributed by atoms with Crippen LogP contribution in [0.1, 0.15) is 11.5 Å². The van der Waals surface area contributed by atoms with Gasteiger partial charge < -0.3 is 0 Å². The summed E-state index contributed by atoms with van der Waals surface area (Å²) in [6, 6.07) is 1.32. The van der Waals surface area contributed by atoms with Crippen LogP contribution in [0.15, 0.2) is 6.20 Å². The van der Waals surface area contributed by atoms with Crippen LogP contribution in [0.3, 0.4) is 0 Å². The van der Waals surface area contributed by atoms with E-state index in [1.54, 1.807) is 0 Å². The van der Waals surface area contributed by atoms with E-state index in [1.807, 2.05) is 0 Å². The van der Waals surface area contributed by atoms with Crippen LogP contribution < -0.4 is 0 Å². The first-order chi connectivity index (χ1) is 7.46. The van der Waals surface area contributed by atoms with Gasteiger partial charge in [-0.15, -0.1) is 0 Å². The van der Waals surface area contributed by atoms with E-state index < -0.39 is 29.8 Å². The van der Waals surface area contributed by atoms with Gasteiger partial charge in [-0.05, 0) is 0 Å². The van der Waals surface area contributed by atoms with Crippen molar-refractivity contribution in [1.29, 1.82) is 0 Å². The number of halogens is 8. The number of hydrogen-bond acceptors (Lipinski definition) is 2. The molecule has 10 heteroatoms. The summed E-state index contributed by atoms with van der Waals surface area (Å²) in [6.07, 6.45) is -11.2. The van der Waals surface area contributed by atoms with Crippen LogP contribution in [0.2, 0.25) is 0 Å². The molecule has 0 N–H and O–H groups in total. The molecule has 0 saturated carbocycles. The normalized spacial score (nSPS) is 13.9. The molecule has 0 atom stereocenters. The molecule has 0 fully saturated rings. The van der Waals surface area contributed by atoms with Gasteiger partial charge in [0, 0.05) is 12.3 Å². The topological polar surface area (TPSA) is 25.8 Å². The molecular weight excluding hydrogens is 264 g/mol. The van der Waals surface area contributed by atoms with Gasteiger partial charge in [-0.1, -0.05) is 0 Å². The molecule has 1 radical (unpaired) electrons. The summed E-state index contributed by atoms with van der Waals surface area (Å²) < 4.78 is 96.7. The van der Waals surface area contributed by atoms with Crippen LogP contribution in [-0.2, 0) is 12.1 Å². The molecule has 1 aromatic heterocycles. The summed E-state index contributed by atoms with van der Waals surface area (Å²) in [5, 5.41) is 0. The molecule has 0 aliphatic heterocycles. The molecule has 0 amide bonds. The largest absolute Gasteiger partial charge is 0.461 e. The van der Waals surface area contributed by atoms with Crippen molar-refractivity contribution in [3.05, 3.63) is 23.8 Å². The Labute approximate surface area is 88.3 Å². The Morgan fingerprint density at radius 2 is 1.47 bits per heavy atom. The average molecular weight is 265 g/mol. The fourth-order valence-electron chi connectivity index (χ4n) is 0.745. The second kappa shape index (κ2) is 3.77. The molecule has 2 nitrogen and oxygen atoms in total. The van der Waals surface area contributed by atoms with Crippen LogP contribution in [0.4, 0.5) is 35.1 Å². The number of alkyl halides is 8. The maximum atomic E-state index is 12.6. The zero-order valence-electron chi connectivity index (χ0n) is 7.50. The summed E-state index contributed by atoms with van der Waals surface area (Å²) >= 11 is 0. The number of aromatic nitrogens is 2. The maximum absolute atomic E-state index is 12.6. The van der Waals surface area contributed by atoms with Crippen LogP contribution in [0, 0.1) is 6.07 Å². The van der Waals surface area contributed by atoms with Crippen molar-refractivity contribution in [2.24, 2.45) is 0 Å². The molecule has 1 heterocycles. The van der Waals surface area contributed by atoms with E-state index in [4.69, 9.17) is 0 Å². The standard InChI is InChI=1S/C7HF8N2/c8-5(9,7(13,14)15)4-16-2-1-3(17-4)6(10,11)12/h2H. The van der Waals surface area contributed by atoms with Crippen LogP contribution >= 0.6 is 0 Å². The minimum absolute atomic E-state index is 0.0603. The molecule has 0 saturated heterocycles. The van der Waals surface area contributed by atoms with Crippen LogP contribution in [0.5, 0.6) is 0 Å². The third-order valence-corrected chi connectivity index (χ3v) is 1.51. The summed E-state index contributed by atoms with van der Waals surface area (Å²) in [4.78, 5) is 4.57. The average Bonchev–Trinajstić information content (AvgIpc) is 2.15. The third-order valence-electron chi connectivity index (χ3n) is 1.51. The van der Waals surface area contributed by atoms with Crippen molar-refractivity contribution in [1.82, 2.24) is 9.97 Å². The Morgan fingerprint density at radius 3 is 1.88 bits per heavy atom. The van der Waals surface area contributed by atoms with Crippen molar-refractivity contribution in [3.63, 3.8) is 0 Å². The van der Waals surface area contributed by atoms with E-state index in [9.17, 15) is 35.1 Å². The summed E-state index contributed by atoms with van der Waals surface area (Å²) in [7, 11) is 0. The highest BCUT2D eigenvalue weighted by molar-refractivity contribution is 5.09. The van der Waals surface area contributed by atoms with Crippen molar-refractivity contribution >= 4 is 0 Å². The lowest BCUT2D eigenvalue weighted by Crippen LogP contribution is -2.36. The van der Waals surface area contributed by atoms with E-state index in [0.717, 1.165) is 0 Å². The molecular formula is C7HF8N2. The highest BCUT2D eigenvalue weighted by Gasteiger charge is 2.61. The van der Waals surface area contributed by atoms with Crippen molar-refractivity contribution < 1.29 is 35.1 Å². The van der Waals surface area contributed by atoms with E-state index in [1.165, 1.54) is 6.07 Å². The predicted molar refractivity (Wildman–Crippen MR) is 35.8 cm³/mol. The molecule has 95 valence electrons. The van der Waals surface area contributed by atoms with Crippen molar-refractivity contribution in [2.75, 3.05) is 0 Å². The molecule has 0 aliphatic rings. The number of hydrogen-bond donors (Lipinski definition) is 0. The van der Waals surface area contributed by atoms with E-state index in [-0.39, 0.29) is 6.20 Å². The smallest absolute Gasteiger partial charge is 0.235 e. The van der Waals surface area contributed by atoms with Gasteiger partial charge in [-0.3, -0.25) is 0 Å². The van der Waals surface area contributed by atoms with Crippen LogP contribution in [-0.4, -0.2) is 16.1 Å².